The Bertz CT molecular complexity index is 425. The molecule has 1 saturated carbocycles. The molecule has 0 saturated heterocycles. The first kappa shape index (κ1) is 16.2. The maximum absolute atomic E-state index is 11.5. The Morgan fingerprint density at radius 1 is 1.48 bits per heavy atom. The lowest BCUT2D eigenvalue weighted by atomic mass is 9.75. The van der Waals surface area contributed by atoms with Gasteiger partial charge in [0.15, 0.2) is 0 Å². The molecule has 2 aliphatic rings. The smallest absolute Gasteiger partial charge is 0.333 e. The summed E-state index contributed by atoms with van der Waals surface area (Å²) in [6, 6.07) is 0. The maximum Gasteiger partial charge on any atom is 0.333 e. The highest BCUT2D eigenvalue weighted by molar-refractivity contribution is 5.86. The highest BCUT2D eigenvalue weighted by Crippen LogP contribution is 2.37. The second kappa shape index (κ2) is 7.23. The third kappa shape index (κ3) is 4.17. The van der Waals surface area contributed by atoms with Crippen LogP contribution in [0.5, 0.6) is 0 Å². The Kier molecular flexibility index (Phi) is 5.59. The van der Waals surface area contributed by atoms with Gasteiger partial charge in [0.1, 0.15) is 0 Å². The summed E-state index contributed by atoms with van der Waals surface area (Å²) in [5, 5.41) is 8.87. The van der Waals surface area contributed by atoms with Crippen molar-refractivity contribution >= 4 is 5.97 Å². The number of hydrogen-bond acceptors (Lipinski definition) is 4. The number of aliphatic hydroxyl groups is 1. The fourth-order valence-corrected chi connectivity index (χ4v) is 3.26. The van der Waals surface area contributed by atoms with Crippen LogP contribution in [0.2, 0.25) is 0 Å². The standard InChI is InChI=1S/C17H26O4/c1-11(2)14-7-6-12(3)9-15(14)20-17-13(5-4-8-18)10-16(19)21-17/h4-5,10-12,14-15,17-18H,6-9H2,1-3H3/b5-4+/t12-,14+,15-,17?/m1/s1. The van der Waals surface area contributed by atoms with Crippen LogP contribution in [0.3, 0.4) is 0 Å². The van der Waals surface area contributed by atoms with E-state index in [2.05, 4.69) is 20.8 Å². The number of aliphatic hydroxyl groups excluding tert-OH is 1. The lowest BCUT2D eigenvalue weighted by Crippen LogP contribution is -2.37. The molecule has 1 unspecified atom stereocenters. The molecule has 0 aromatic rings. The van der Waals surface area contributed by atoms with E-state index in [1.54, 1.807) is 12.2 Å². The molecule has 4 nitrogen and oxygen atoms in total. The zero-order valence-corrected chi connectivity index (χ0v) is 13.1. The third-order valence-electron chi connectivity index (χ3n) is 4.46. The zero-order valence-electron chi connectivity index (χ0n) is 13.1. The van der Waals surface area contributed by atoms with Crippen LogP contribution in [0.25, 0.3) is 0 Å². The first-order valence-corrected chi connectivity index (χ1v) is 7.86. The molecular formula is C17H26O4. The monoisotopic (exact) mass is 294 g/mol. The molecule has 0 radical (unpaired) electrons. The van der Waals surface area contributed by atoms with E-state index in [0.29, 0.717) is 23.3 Å². The molecule has 0 spiro atoms. The summed E-state index contributed by atoms with van der Waals surface area (Å²) < 4.78 is 11.4. The van der Waals surface area contributed by atoms with Crippen molar-refractivity contribution in [3.63, 3.8) is 0 Å². The normalized spacial score (nSPS) is 33.6. The van der Waals surface area contributed by atoms with Gasteiger partial charge in [0.2, 0.25) is 6.29 Å². The zero-order chi connectivity index (χ0) is 15.4. The summed E-state index contributed by atoms with van der Waals surface area (Å²) in [5.74, 6) is 1.33. The highest BCUT2D eigenvalue weighted by Gasteiger charge is 2.36. The first-order valence-electron chi connectivity index (χ1n) is 7.86. The van der Waals surface area contributed by atoms with Gasteiger partial charge in [-0.1, -0.05) is 39.3 Å². The van der Waals surface area contributed by atoms with Crippen LogP contribution in [-0.4, -0.2) is 30.1 Å². The number of esters is 1. The SMILES string of the molecule is CC(C)[C@@H]1CC[C@@H](C)C[C@H]1OC1OC(=O)C=C1/C=C/CO. The fourth-order valence-electron chi connectivity index (χ4n) is 3.26. The Balaban J connectivity index is 2.05. The van der Waals surface area contributed by atoms with Crippen molar-refractivity contribution in [3.05, 3.63) is 23.8 Å². The number of carbonyl (C=O) groups is 1. The van der Waals surface area contributed by atoms with Gasteiger partial charge in [-0.2, -0.15) is 0 Å². The van der Waals surface area contributed by atoms with Crippen LogP contribution in [0.1, 0.15) is 40.0 Å². The molecule has 0 amide bonds. The van der Waals surface area contributed by atoms with Gasteiger partial charge in [-0.15, -0.1) is 0 Å². The van der Waals surface area contributed by atoms with Gasteiger partial charge in [0.25, 0.3) is 0 Å². The van der Waals surface area contributed by atoms with Crippen LogP contribution >= 0.6 is 0 Å². The van der Waals surface area contributed by atoms with Crippen molar-refractivity contribution in [1.29, 1.82) is 0 Å². The van der Waals surface area contributed by atoms with Gasteiger partial charge in [-0.05, 0) is 30.6 Å². The van der Waals surface area contributed by atoms with Crippen LogP contribution < -0.4 is 0 Å². The van der Waals surface area contributed by atoms with E-state index in [1.165, 1.54) is 12.5 Å². The van der Waals surface area contributed by atoms with Gasteiger partial charge in [0.05, 0.1) is 12.7 Å². The summed E-state index contributed by atoms with van der Waals surface area (Å²) in [5.41, 5.74) is 0.690. The quantitative estimate of drug-likeness (QED) is 0.792. The largest absolute Gasteiger partial charge is 0.428 e. The predicted octanol–water partition coefficient (Wildman–Crippen LogP) is 2.82. The molecule has 2 rings (SSSR count). The topological polar surface area (TPSA) is 55.8 Å². The summed E-state index contributed by atoms with van der Waals surface area (Å²) in [4.78, 5) is 11.5. The van der Waals surface area contributed by atoms with Gasteiger partial charge in [-0.25, -0.2) is 4.79 Å². The molecule has 1 aliphatic carbocycles. The highest BCUT2D eigenvalue weighted by atomic mass is 16.7. The molecule has 1 fully saturated rings. The van der Waals surface area contributed by atoms with E-state index in [4.69, 9.17) is 14.6 Å². The minimum Gasteiger partial charge on any atom is -0.428 e. The van der Waals surface area contributed by atoms with Crippen molar-refractivity contribution in [3.8, 4) is 0 Å². The number of cyclic esters (lactones) is 1. The molecule has 1 heterocycles. The average molecular weight is 294 g/mol. The minimum atomic E-state index is -0.628. The van der Waals surface area contributed by atoms with E-state index < -0.39 is 6.29 Å². The molecule has 1 aliphatic heterocycles. The van der Waals surface area contributed by atoms with Gasteiger partial charge in [0, 0.05) is 11.6 Å². The van der Waals surface area contributed by atoms with Gasteiger partial charge < -0.3 is 14.6 Å². The molecule has 1 N–H and O–H groups in total. The molecule has 0 aromatic carbocycles. The molecule has 0 bridgehead atoms. The van der Waals surface area contributed by atoms with Crippen molar-refractivity contribution in [2.45, 2.75) is 52.4 Å². The van der Waals surface area contributed by atoms with Gasteiger partial charge in [-0.3, -0.25) is 0 Å². The summed E-state index contributed by atoms with van der Waals surface area (Å²) >= 11 is 0. The molecule has 118 valence electrons. The van der Waals surface area contributed by atoms with E-state index in [0.717, 1.165) is 12.8 Å². The minimum absolute atomic E-state index is 0.0622. The second-order valence-corrected chi connectivity index (χ2v) is 6.50. The Labute approximate surface area is 126 Å². The van der Waals surface area contributed by atoms with E-state index in [1.807, 2.05) is 0 Å². The lowest BCUT2D eigenvalue weighted by molar-refractivity contribution is -0.180. The average Bonchev–Trinajstić information content (AvgIpc) is 2.76. The van der Waals surface area contributed by atoms with Crippen molar-refractivity contribution in [1.82, 2.24) is 0 Å². The van der Waals surface area contributed by atoms with Crippen molar-refractivity contribution in [2.24, 2.45) is 17.8 Å². The lowest BCUT2D eigenvalue weighted by Gasteiger charge is -2.38. The van der Waals surface area contributed by atoms with Crippen LogP contribution in [0.4, 0.5) is 0 Å². The van der Waals surface area contributed by atoms with Gasteiger partial charge >= 0.3 is 5.97 Å². The van der Waals surface area contributed by atoms with E-state index >= 15 is 0 Å². The van der Waals surface area contributed by atoms with E-state index in [9.17, 15) is 4.79 Å². The van der Waals surface area contributed by atoms with Crippen molar-refractivity contribution in [2.75, 3.05) is 6.61 Å². The number of rotatable bonds is 5. The maximum atomic E-state index is 11.5. The Hall–Kier alpha value is -1.13. The molecule has 0 aromatic heterocycles. The van der Waals surface area contributed by atoms with Crippen molar-refractivity contribution < 1.29 is 19.4 Å². The number of hydrogen-bond donors (Lipinski definition) is 1. The Morgan fingerprint density at radius 3 is 2.90 bits per heavy atom. The Morgan fingerprint density at radius 2 is 2.24 bits per heavy atom. The molecule has 4 atom stereocenters. The van der Waals surface area contributed by atoms with Crippen LogP contribution in [0.15, 0.2) is 23.8 Å². The molecule has 21 heavy (non-hydrogen) atoms. The van der Waals surface area contributed by atoms with Crippen LogP contribution in [-0.2, 0) is 14.3 Å². The third-order valence-corrected chi connectivity index (χ3v) is 4.46. The van der Waals surface area contributed by atoms with Crippen LogP contribution in [0, 0.1) is 17.8 Å². The number of carbonyl (C=O) groups excluding carboxylic acids is 1. The number of ether oxygens (including phenoxy) is 2. The molecular weight excluding hydrogens is 268 g/mol. The first-order chi connectivity index (χ1) is 10.0. The van der Waals surface area contributed by atoms with E-state index in [-0.39, 0.29) is 18.7 Å². The summed E-state index contributed by atoms with van der Waals surface area (Å²) in [6.45, 7) is 6.63. The summed E-state index contributed by atoms with van der Waals surface area (Å²) in [6.07, 6.45) is 7.63. The fraction of sp³-hybridized carbons (Fsp3) is 0.706. The molecule has 4 heteroatoms. The predicted molar refractivity (Wildman–Crippen MR) is 80.4 cm³/mol. The second-order valence-electron chi connectivity index (χ2n) is 6.50. The summed E-state index contributed by atoms with van der Waals surface area (Å²) in [7, 11) is 0.